The van der Waals surface area contributed by atoms with Crippen molar-refractivity contribution in [3.63, 3.8) is 0 Å². The van der Waals surface area contributed by atoms with Crippen molar-refractivity contribution in [1.82, 2.24) is 4.90 Å². The molecule has 0 spiro atoms. The van der Waals surface area contributed by atoms with E-state index in [0.717, 1.165) is 37.9 Å². The third-order valence-electron chi connectivity index (χ3n) is 5.20. The number of nitrogens with zero attached hydrogens (tertiary/aromatic N) is 1. The summed E-state index contributed by atoms with van der Waals surface area (Å²) in [6.45, 7) is 1.77. The van der Waals surface area contributed by atoms with Gasteiger partial charge in [-0.15, -0.1) is 0 Å². The Labute approximate surface area is 127 Å². The molecular weight excluding hydrogens is 284 g/mol. The molecule has 1 aromatic carbocycles. The van der Waals surface area contributed by atoms with Gasteiger partial charge in [0.25, 0.3) is 0 Å². The number of sulfone groups is 1. The number of nitrogens with two attached hydrogens (primary N) is 1. The summed E-state index contributed by atoms with van der Waals surface area (Å²) in [4.78, 5) is 2.34. The predicted octanol–water partition coefficient (Wildman–Crippen LogP) is 1.67. The lowest BCUT2D eigenvalue weighted by atomic mass is 9.98. The van der Waals surface area contributed by atoms with Crippen LogP contribution in [0.4, 0.5) is 0 Å². The molecule has 1 aliphatic heterocycles. The Hall–Kier alpha value is -0.910. The molecule has 3 rings (SSSR count). The minimum absolute atomic E-state index is 0.404. The van der Waals surface area contributed by atoms with E-state index in [0.29, 0.717) is 12.0 Å². The number of hydrogen-bond acceptors (Lipinski definition) is 4. The van der Waals surface area contributed by atoms with Gasteiger partial charge >= 0.3 is 0 Å². The molecule has 5 heteroatoms. The monoisotopic (exact) mass is 308 g/mol. The molecule has 116 valence electrons. The minimum atomic E-state index is -3.03. The van der Waals surface area contributed by atoms with Crippen molar-refractivity contribution in [3.8, 4) is 0 Å². The van der Waals surface area contributed by atoms with Crippen LogP contribution >= 0.6 is 0 Å². The highest BCUT2D eigenvalue weighted by molar-refractivity contribution is 7.92. The first-order valence-electron chi connectivity index (χ1n) is 7.58. The first-order valence-corrected chi connectivity index (χ1v) is 9.47. The number of benzene rings is 1. The van der Waals surface area contributed by atoms with E-state index < -0.39 is 14.6 Å². The smallest absolute Gasteiger partial charge is 0.157 e. The van der Waals surface area contributed by atoms with Gasteiger partial charge in [0.1, 0.15) is 0 Å². The molecule has 2 N–H and O–H groups in total. The van der Waals surface area contributed by atoms with Gasteiger partial charge in [0.05, 0.1) is 4.75 Å². The first-order chi connectivity index (χ1) is 9.87. The topological polar surface area (TPSA) is 63.4 Å². The lowest BCUT2D eigenvalue weighted by molar-refractivity contribution is 0.313. The van der Waals surface area contributed by atoms with Crippen LogP contribution in [-0.2, 0) is 14.6 Å². The van der Waals surface area contributed by atoms with E-state index >= 15 is 0 Å². The zero-order valence-electron chi connectivity index (χ0n) is 12.7. The van der Waals surface area contributed by atoms with Gasteiger partial charge in [-0.2, -0.15) is 0 Å². The first kappa shape index (κ1) is 15.0. The molecule has 4 nitrogen and oxygen atoms in total. The SMILES string of the molecule is CN1CC(CN)CC1c1ccc(C2(S(C)(=O)=O)CC2)cc1. The Bertz CT molecular complexity index is 620. The Morgan fingerprint density at radius 3 is 2.33 bits per heavy atom. The highest BCUT2D eigenvalue weighted by atomic mass is 32.2. The molecule has 0 aromatic heterocycles. The molecule has 0 amide bonds. The third-order valence-corrected chi connectivity index (χ3v) is 7.27. The van der Waals surface area contributed by atoms with E-state index in [1.54, 1.807) is 0 Å². The van der Waals surface area contributed by atoms with Gasteiger partial charge in [-0.1, -0.05) is 24.3 Å². The van der Waals surface area contributed by atoms with Crippen LogP contribution in [0.5, 0.6) is 0 Å². The van der Waals surface area contributed by atoms with E-state index in [-0.39, 0.29) is 0 Å². The van der Waals surface area contributed by atoms with Crippen molar-refractivity contribution in [1.29, 1.82) is 0 Å². The van der Waals surface area contributed by atoms with Gasteiger partial charge in [-0.25, -0.2) is 8.42 Å². The Morgan fingerprint density at radius 1 is 1.29 bits per heavy atom. The molecule has 2 fully saturated rings. The molecule has 2 aliphatic rings. The lowest BCUT2D eigenvalue weighted by Gasteiger charge is -2.21. The third kappa shape index (κ3) is 2.51. The summed E-state index contributed by atoms with van der Waals surface area (Å²) in [5.74, 6) is 0.561. The fraction of sp³-hybridized carbons (Fsp3) is 0.625. The average Bonchev–Trinajstić information content (AvgIpc) is 3.18. The molecule has 1 saturated heterocycles. The van der Waals surface area contributed by atoms with Crippen molar-refractivity contribution in [2.24, 2.45) is 11.7 Å². The summed E-state index contributed by atoms with van der Waals surface area (Å²) in [5, 5.41) is 0. The lowest BCUT2D eigenvalue weighted by Crippen LogP contribution is -2.21. The van der Waals surface area contributed by atoms with Gasteiger partial charge in [0.15, 0.2) is 9.84 Å². The fourth-order valence-corrected chi connectivity index (χ4v) is 5.07. The van der Waals surface area contributed by atoms with Crippen LogP contribution in [0.1, 0.15) is 36.4 Å². The van der Waals surface area contributed by atoms with Gasteiger partial charge in [-0.05, 0) is 49.9 Å². The molecule has 1 aromatic rings. The molecule has 21 heavy (non-hydrogen) atoms. The summed E-state index contributed by atoms with van der Waals surface area (Å²) in [5.41, 5.74) is 7.99. The Balaban J connectivity index is 1.83. The molecule has 2 unspecified atom stereocenters. The quantitative estimate of drug-likeness (QED) is 0.919. The minimum Gasteiger partial charge on any atom is -0.330 e. The standard InChI is InChI=1S/C16H24N2O2S/c1-18-11-12(10-17)9-15(18)13-3-5-14(6-4-13)16(7-8-16)21(2,19)20/h3-6,12,15H,7-11,17H2,1-2H3. The highest BCUT2D eigenvalue weighted by Gasteiger charge is 2.53. The van der Waals surface area contributed by atoms with E-state index in [1.807, 2.05) is 12.1 Å². The van der Waals surface area contributed by atoms with Crippen LogP contribution in [0.15, 0.2) is 24.3 Å². The largest absolute Gasteiger partial charge is 0.330 e. The molecule has 1 aliphatic carbocycles. The second-order valence-electron chi connectivity index (χ2n) is 6.68. The molecular formula is C16H24N2O2S. The molecule has 0 bridgehead atoms. The van der Waals surface area contributed by atoms with E-state index in [9.17, 15) is 8.42 Å². The number of hydrogen-bond donors (Lipinski definition) is 1. The van der Waals surface area contributed by atoms with Crippen molar-refractivity contribution < 1.29 is 8.42 Å². The van der Waals surface area contributed by atoms with Crippen LogP contribution in [-0.4, -0.2) is 39.7 Å². The zero-order valence-corrected chi connectivity index (χ0v) is 13.6. The predicted molar refractivity (Wildman–Crippen MR) is 84.7 cm³/mol. The second kappa shape index (κ2) is 5.07. The van der Waals surface area contributed by atoms with Crippen LogP contribution in [0.25, 0.3) is 0 Å². The van der Waals surface area contributed by atoms with Crippen molar-refractivity contribution in [2.45, 2.75) is 30.1 Å². The van der Waals surface area contributed by atoms with Crippen LogP contribution in [0.2, 0.25) is 0 Å². The van der Waals surface area contributed by atoms with E-state index in [1.165, 1.54) is 11.8 Å². The number of rotatable bonds is 4. The van der Waals surface area contributed by atoms with Gasteiger partial charge in [-0.3, -0.25) is 4.90 Å². The maximum absolute atomic E-state index is 12.0. The van der Waals surface area contributed by atoms with Crippen LogP contribution in [0, 0.1) is 5.92 Å². The molecule has 0 radical (unpaired) electrons. The summed E-state index contributed by atoms with van der Waals surface area (Å²) < 4.78 is 23.3. The normalized spacial score (nSPS) is 28.7. The van der Waals surface area contributed by atoms with Crippen LogP contribution in [0.3, 0.4) is 0 Å². The Kier molecular flexibility index (Phi) is 3.62. The second-order valence-corrected chi connectivity index (χ2v) is 9.01. The molecule has 1 heterocycles. The maximum Gasteiger partial charge on any atom is 0.157 e. The Morgan fingerprint density at radius 2 is 1.90 bits per heavy atom. The summed E-state index contributed by atoms with van der Waals surface area (Å²) in [6, 6.07) is 8.61. The average molecular weight is 308 g/mol. The van der Waals surface area contributed by atoms with Gasteiger partial charge in [0.2, 0.25) is 0 Å². The molecule has 2 atom stereocenters. The zero-order chi connectivity index (χ0) is 15.3. The summed E-state index contributed by atoms with van der Waals surface area (Å²) in [6.07, 6.45) is 3.95. The van der Waals surface area contributed by atoms with E-state index in [2.05, 4.69) is 24.1 Å². The summed E-state index contributed by atoms with van der Waals surface area (Å²) in [7, 11) is -0.895. The van der Waals surface area contributed by atoms with Crippen molar-refractivity contribution in [2.75, 3.05) is 26.4 Å². The van der Waals surface area contributed by atoms with Crippen molar-refractivity contribution in [3.05, 3.63) is 35.4 Å². The highest BCUT2D eigenvalue weighted by Crippen LogP contribution is 2.52. The van der Waals surface area contributed by atoms with Crippen molar-refractivity contribution >= 4 is 9.84 Å². The van der Waals surface area contributed by atoms with Gasteiger partial charge < -0.3 is 5.73 Å². The summed E-state index contributed by atoms with van der Waals surface area (Å²) >= 11 is 0. The van der Waals surface area contributed by atoms with Crippen LogP contribution < -0.4 is 5.73 Å². The number of likely N-dealkylation sites (tertiary alicyclic amines) is 1. The van der Waals surface area contributed by atoms with E-state index in [4.69, 9.17) is 5.73 Å². The maximum atomic E-state index is 12.0. The fourth-order valence-electron chi connectivity index (χ4n) is 3.66. The molecule has 1 saturated carbocycles. The van der Waals surface area contributed by atoms with Gasteiger partial charge in [0, 0.05) is 18.8 Å².